The first-order valence-electron chi connectivity index (χ1n) is 8.60. The minimum absolute atomic E-state index is 0.00249. The molecule has 10 heteroatoms. The molecule has 1 N–H and O–H groups in total. The number of carbonyl (C=O) groups excluding carboxylic acids is 1. The van der Waals surface area contributed by atoms with Gasteiger partial charge in [-0.15, -0.1) is 0 Å². The zero-order valence-corrected chi connectivity index (χ0v) is 17.5. The summed E-state index contributed by atoms with van der Waals surface area (Å²) in [4.78, 5) is 17.6. The molecule has 29 heavy (non-hydrogen) atoms. The summed E-state index contributed by atoms with van der Waals surface area (Å²) in [6.45, 7) is 4.02. The summed E-state index contributed by atoms with van der Waals surface area (Å²) < 4.78 is 29.8. The van der Waals surface area contributed by atoms with Crippen LogP contribution < -0.4 is 0 Å². The second-order valence-electron chi connectivity index (χ2n) is 6.77. The van der Waals surface area contributed by atoms with Gasteiger partial charge in [-0.25, -0.2) is 13.3 Å². The Morgan fingerprint density at radius 3 is 2.66 bits per heavy atom. The van der Waals surface area contributed by atoms with E-state index in [0.717, 1.165) is 39.9 Å². The molecule has 3 heterocycles. The molecule has 1 aromatic carbocycles. The number of amidine groups is 3. The monoisotopic (exact) mass is 427 g/mol. The highest BCUT2D eigenvalue weighted by Crippen LogP contribution is 2.30. The topological polar surface area (TPSA) is 108 Å². The molecule has 0 bridgehead atoms. The number of fused-ring (bicyclic) bond motifs is 1. The van der Waals surface area contributed by atoms with Crippen LogP contribution in [0.2, 0.25) is 0 Å². The molecule has 0 spiro atoms. The minimum atomic E-state index is -3.68. The van der Waals surface area contributed by atoms with E-state index in [0.29, 0.717) is 5.69 Å². The summed E-state index contributed by atoms with van der Waals surface area (Å²) in [5.41, 5.74) is 3.82. The van der Waals surface area contributed by atoms with Crippen LogP contribution in [0.4, 0.5) is 0 Å². The molecule has 0 radical (unpaired) electrons. The van der Waals surface area contributed by atoms with Crippen molar-refractivity contribution in [3.8, 4) is 5.69 Å². The van der Waals surface area contributed by atoms with Crippen LogP contribution in [-0.4, -0.2) is 46.2 Å². The van der Waals surface area contributed by atoms with Crippen molar-refractivity contribution in [2.45, 2.75) is 13.8 Å². The Kier molecular flexibility index (Phi) is 4.55. The van der Waals surface area contributed by atoms with Crippen LogP contribution >= 0.6 is 11.9 Å². The molecule has 148 valence electrons. The van der Waals surface area contributed by atoms with E-state index in [-0.39, 0.29) is 21.7 Å². The Labute approximate surface area is 172 Å². The lowest BCUT2D eigenvalue weighted by atomic mass is 10.1. The van der Waals surface area contributed by atoms with Gasteiger partial charge in [-0.1, -0.05) is 17.7 Å². The number of nitrogens with zero attached hydrogens (tertiary/aromatic N) is 4. The molecule has 2 aromatic rings. The smallest absolute Gasteiger partial charge is 0.283 e. The molecule has 0 unspecified atom stereocenters. The number of nitrogens with one attached hydrogen (secondary N) is 1. The van der Waals surface area contributed by atoms with Gasteiger partial charge in [0.15, 0.2) is 0 Å². The second kappa shape index (κ2) is 6.82. The van der Waals surface area contributed by atoms with Crippen molar-refractivity contribution in [3.05, 3.63) is 58.9 Å². The van der Waals surface area contributed by atoms with Gasteiger partial charge in [-0.2, -0.15) is 9.39 Å². The summed E-state index contributed by atoms with van der Waals surface area (Å²) in [7, 11) is -3.68. The number of hydrogen-bond donors (Lipinski definition) is 1. The molecule has 4 rings (SSSR count). The van der Waals surface area contributed by atoms with Crippen molar-refractivity contribution in [1.29, 1.82) is 5.41 Å². The van der Waals surface area contributed by atoms with Crippen molar-refractivity contribution in [2.75, 3.05) is 6.26 Å². The third-order valence-corrected chi connectivity index (χ3v) is 6.26. The Bertz CT molecular complexity index is 1270. The Morgan fingerprint density at radius 2 is 1.97 bits per heavy atom. The van der Waals surface area contributed by atoms with Crippen molar-refractivity contribution in [1.82, 2.24) is 9.47 Å². The van der Waals surface area contributed by atoms with Gasteiger partial charge in [0.1, 0.15) is 5.84 Å². The zero-order chi connectivity index (χ0) is 20.9. The Hall–Kier alpha value is -2.98. The van der Waals surface area contributed by atoms with Gasteiger partial charge in [-0.3, -0.25) is 10.2 Å². The fraction of sp³-hybridized carbons (Fsp3) is 0.158. The molecular weight excluding hydrogens is 410 g/mol. The summed E-state index contributed by atoms with van der Waals surface area (Å²) >= 11 is 0.773. The van der Waals surface area contributed by atoms with Crippen LogP contribution in [0.15, 0.2) is 51.5 Å². The lowest BCUT2D eigenvalue weighted by Gasteiger charge is -2.24. The summed E-state index contributed by atoms with van der Waals surface area (Å²) in [5.74, 6) is -0.866. The number of sulfone groups is 1. The summed E-state index contributed by atoms with van der Waals surface area (Å²) in [6.07, 6.45) is 4.42. The quantitative estimate of drug-likeness (QED) is 0.586. The number of aryl methyl sites for hydroxylation is 2. The predicted molar refractivity (Wildman–Crippen MR) is 115 cm³/mol. The van der Waals surface area contributed by atoms with Crippen molar-refractivity contribution < 1.29 is 13.2 Å². The molecule has 2 aliphatic heterocycles. The van der Waals surface area contributed by atoms with E-state index in [9.17, 15) is 13.2 Å². The molecule has 2 aliphatic rings. The number of carbonyl (C=O) groups is 1. The van der Waals surface area contributed by atoms with Crippen LogP contribution in [0.1, 0.15) is 16.8 Å². The van der Waals surface area contributed by atoms with E-state index in [1.165, 1.54) is 0 Å². The highest BCUT2D eigenvalue weighted by molar-refractivity contribution is 8.16. The molecular formula is C19H17N5O3S2. The first kappa shape index (κ1) is 19.3. The van der Waals surface area contributed by atoms with Gasteiger partial charge in [0.05, 0.1) is 17.5 Å². The molecule has 1 aromatic heterocycles. The Morgan fingerprint density at radius 1 is 1.21 bits per heavy atom. The first-order valence-corrected chi connectivity index (χ1v) is 11.3. The number of aromatic nitrogens is 1. The number of benzene rings is 1. The highest BCUT2D eigenvalue weighted by Gasteiger charge is 2.41. The van der Waals surface area contributed by atoms with Gasteiger partial charge in [0.2, 0.25) is 20.2 Å². The van der Waals surface area contributed by atoms with Gasteiger partial charge < -0.3 is 4.57 Å². The standard InChI is InChI=1S/C19H17N5O3S2/c1-11-6-7-15(12(2)9-11)23-8-4-5-13(23)10-14-16(20)24-18(21-17(14)25)28-22-19(24)29(3,26)27/h4-10,20H,1-3H3/b14-10-,20-16?. The lowest BCUT2D eigenvalue weighted by molar-refractivity contribution is -0.114. The molecule has 0 saturated carbocycles. The highest BCUT2D eigenvalue weighted by atomic mass is 32.2. The molecule has 8 nitrogen and oxygen atoms in total. The van der Waals surface area contributed by atoms with Crippen molar-refractivity contribution in [3.63, 3.8) is 0 Å². The van der Waals surface area contributed by atoms with E-state index < -0.39 is 15.7 Å². The van der Waals surface area contributed by atoms with Crippen LogP contribution in [0.5, 0.6) is 0 Å². The lowest BCUT2D eigenvalue weighted by Crippen LogP contribution is -2.45. The summed E-state index contributed by atoms with van der Waals surface area (Å²) in [5, 5.41) is 8.23. The third kappa shape index (κ3) is 3.34. The van der Waals surface area contributed by atoms with Crippen LogP contribution in [0.25, 0.3) is 11.8 Å². The van der Waals surface area contributed by atoms with Crippen LogP contribution in [0, 0.1) is 19.3 Å². The zero-order valence-electron chi connectivity index (χ0n) is 15.9. The van der Waals surface area contributed by atoms with Crippen LogP contribution in [0.3, 0.4) is 0 Å². The van der Waals surface area contributed by atoms with E-state index in [2.05, 4.69) is 15.5 Å². The second-order valence-corrected chi connectivity index (χ2v) is 9.41. The predicted octanol–water partition coefficient (Wildman–Crippen LogP) is 2.72. The fourth-order valence-corrected chi connectivity index (χ4v) is 5.04. The maximum absolute atomic E-state index is 12.5. The molecule has 0 fully saturated rings. The van der Waals surface area contributed by atoms with Crippen molar-refractivity contribution >= 4 is 49.9 Å². The third-order valence-electron chi connectivity index (χ3n) is 4.51. The normalized spacial score (nSPS) is 18.2. The largest absolute Gasteiger partial charge is 0.317 e. The maximum atomic E-state index is 12.5. The van der Waals surface area contributed by atoms with E-state index in [1.54, 1.807) is 6.08 Å². The van der Waals surface area contributed by atoms with Gasteiger partial charge >= 0.3 is 0 Å². The average Bonchev–Trinajstić information content (AvgIpc) is 3.25. The summed E-state index contributed by atoms with van der Waals surface area (Å²) in [6, 6.07) is 9.71. The van der Waals surface area contributed by atoms with Gasteiger partial charge in [0, 0.05) is 23.8 Å². The Balaban J connectivity index is 1.79. The van der Waals surface area contributed by atoms with E-state index in [4.69, 9.17) is 5.41 Å². The number of amides is 1. The van der Waals surface area contributed by atoms with E-state index in [1.807, 2.05) is 48.9 Å². The molecule has 0 saturated heterocycles. The number of hydrogen-bond acceptors (Lipinski definition) is 6. The van der Waals surface area contributed by atoms with E-state index >= 15 is 0 Å². The average molecular weight is 428 g/mol. The van der Waals surface area contributed by atoms with Gasteiger partial charge in [0.25, 0.3) is 5.91 Å². The SMILES string of the molecule is Cc1ccc(-n2cccc2/C=C2/C(=N)N3C(=NC2=O)SN=C3S(C)(=O)=O)c(C)c1. The fourth-order valence-electron chi connectivity index (χ4n) is 3.19. The van der Waals surface area contributed by atoms with Gasteiger partial charge in [-0.05, 0) is 43.7 Å². The molecule has 1 amide bonds. The molecule has 0 aliphatic carbocycles. The number of aliphatic imine (C=N–C) groups is 1. The van der Waals surface area contributed by atoms with Crippen LogP contribution in [-0.2, 0) is 14.6 Å². The minimum Gasteiger partial charge on any atom is -0.317 e. The first-order chi connectivity index (χ1) is 13.7. The molecule has 0 atom stereocenters. The number of rotatable bonds is 2. The van der Waals surface area contributed by atoms with Crippen molar-refractivity contribution in [2.24, 2.45) is 9.39 Å². The maximum Gasteiger partial charge on any atom is 0.283 e.